The van der Waals surface area contributed by atoms with E-state index in [9.17, 15) is 10.1 Å². The Bertz CT molecular complexity index is 957. The third-order valence-electron chi connectivity index (χ3n) is 5.28. The zero-order chi connectivity index (χ0) is 22.1. The first-order valence-corrected chi connectivity index (χ1v) is 11.7. The van der Waals surface area contributed by atoms with Crippen molar-refractivity contribution in [3.05, 3.63) is 60.2 Å². The lowest BCUT2D eigenvalue weighted by Gasteiger charge is -2.20. The minimum atomic E-state index is -1.22. The fourth-order valence-electron chi connectivity index (χ4n) is 3.60. The smallest absolute Gasteiger partial charge is 0.311 e. The van der Waals surface area contributed by atoms with Crippen LogP contribution in [-0.2, 0) is 9.53 Å². The quantitative estimate of drug-likeness (QED) is 0.260. The van der Waals surface area contributed by atoms with E-state index in [1.54, 1.807) is 24.3 Å². The number of hydrogen-bond donors (Lipinski definition) is 0. The second kappa shape index (κ2) is 9.08. The van der Waals surface area contributed by atoms with Gasteiger partial charge in [-0.1, -0.05) is 83.3 Å². The number of esters is 1. The van der Waals surface area contributed by atoms with Crippen molar-refractivity contribution in [2.75, 3.05) is 0 Å². The average Bonchev–Trinajstić information content (AvgIpc) is 3.27. The summed E-state index contributed by atoms with van der Waals surface area (Å²) in [4.78, 5) is 12.5. The van der Waals surface area contributed by atoms with Gasteiger partial charge < -0.3 is 9.47 Å². The van der Waals surface area contributed by atoms with Crippen molar-refractivity contribution in [3.8, 4) is 17.6 Å². The fraction of sp³-hybridized carbons (Fsp3) is 0.364. The summed E-state index contributed by atoms with van der Waals surface area (Å²) in [6.45, 7) is 3.89. The summed E-state index contributed by atoms with van der Waals surface area (Å²) in [7, 11) is 0. The minimum absolute atomic E-state index is 0.147. The number of ether oxygens (including phenoxy) is 2. The predicted octanol–water partition coefficient (Wildman–Crippen LogP) is 7.15. The van der Waals surface area contributed by atoms with E-state index in [2.05, 4.69) is 37.9 Å². The molecule has 0 unspecified atom stereocenters. The second-order valence-electron chi connectivity index (χ2n) is 7.70. The number of carbonyl (C=O) groups is 1. The molecule has 0 aliphatic heterocycles. The van der Waals surface area contributed by atoms with E-state index in [4.69, 9.17) is 32.7 Å². The topological polar surface area (TPSA) is 59.3 Å². The highest BCUT2D eigenvalue weighted by atomic mass is 79.9. The molecule has 1 saturated carbocycles. The first-order valence-electron chi connectivity index (χ1n) is 9.19. The van der Waals surface area contributed by atoms with Crippen LogP contribution >= 0.6 is 55.1 Å². The highest BCUT2D eigenvalue weighted by Crippen LogP contribution is 2.65. The average molecular weight is 576 g/mol. The number of benzene rings is 2. The van der Waals surface area contributed by atoms with Gasteiger partial charge in [0.25, 0.3) is 0 Å². The van der Waals surface area contributed by atoms with Gasteiger partial charge in [0.15, 0.2) is 3.24 Å². The van der Waals surface area contributed by atoms with Crippen molar-refractivity contribution in [1.82, 2.24) is 0 Å². The van der Waals surface area contributed by atoms with Gasteiger partial charge in [0.05, 0.1) is 10.7 Å². The monoisotopic (exact) mass is 573 g/mol. The molecular formula is C22H19Br2Cl2NO3. The van der Waals surface area contributed by atoms with Crippen LogP contribution in [0.25, 0.3) is 0 Å². The number of carbonyl (C=O) groups excluding carboxylic acids is 1. The molecule has 0 heterocycles. The molecule has 2 aromatic rings. The van der Waals surface area contributed by atoms with Crippen molar-refractivity contribution in [2.24, 2.45) is 17.3 Å². The molecule has 1 aliphatic rings. The molecular weight excluding hydrogens is 557 g/mol. The molecule has 0 amide bonds. The van der Waals surface area contributed by atoms with Gasteiger partial charge in [-0.15, -0.1) is 0 Å². The third-order valence-corrected chi connectivity index (χ3v) is 8.64. The summed E-state index contributed by atoms with van der Waals surface area (Å²) in [5, 5.41) is 9.62. The molecule has 30 heavy (non-hydrogen) atoms. The molecule has 0 spiro atoms. The van der Waals surface area contributed by atoms with E-state index in [1.165, 1.54) is 0 Å². The maximum atomic E-state index is 12.9. The first-order chi connectivity index (χ1) is 14.1. The number of rotatable bonds is 7. The number of nitriles is 1. The Balaban J connectivity index is 1.72. The SMILES string of the molecule is CC1(C)[C@@H]([C@@H](Br)C(Cl)(Cl)Br)[C@H]1C(=O)O[C@H](C#N)c1cccc(Oc2ccccc2)c1. The molecule has 0 bridgehead atoms. The van der Waals surface area contributed by atoms with Crippen LogP contribution in [0.5, 0.6) is 11.5 Å². The number of nitrogens with zero attached hydrogens (tertiary/aromatic N) is 1. The first kappa shape index (κ1) is 23.4. The Labute approximate surface area is 202 Å². The number of halogens is 4. The summed E-state index contributed by atoms with van der Waals surface area (Å²) in [5.41, 5.74) is 0.168. The van der Waals surface area contributed by atoms with E-state index < -0.39 is 21.2 Å². The molecule has 4 atom stereocenters. The van der Waals surface area contributed by atoms with Crippen LogP contribution in [0.3, 0.4) is 0 Å². The molecule has 0 N–H and O–H groups in total. The molecule has 1 fully saturated rings. The van der Waals surface area contributed by atoms with E-state index in [0.717, 1.165) is 0 Å². The van der Waals surface area contributed by atoms with E-state index in [0.29, 0.717) is 17.1 Å². The van der Waals surface area contributed by atoms with Crippen molar-refractivity contribution >= 4 is 61.0 Å². The maximum absolute atomic E-state index is 12.9. The number of alkyl halides is 4. The highest BCUT2D eigenvalue weighted by molar-refractivity contribution is 9.13. The second-order valence-corrected chi connectivity index (χ2v) is 12.2. The molecule has 0 aromatic heterocycles. The minimum Gasteiger partial charge on any atom is -0.457 e. The van der Waals surface area contributed by atoms with Gasteiger partial charge in [0.2, 0.25) is 6.10 Å². The van der Waals surface area contributed by atoms with Crippen molar-refractivity contribution in [3.63, 3.8) is 0 Å². The van der Waals surface area contributed by atoms with Gasteiger partial charge >= 0.3 is 5.97 Å². The summed E-state index contributed by atoms with van der Waals surface area (Å²) in [5.74, 6) is 0.183. The number of para-hydroxylation sites is 1. The lowest BCUT2D eigenvalue weighted by Crippen LogP contribution is -2.24. The summed E-state index contributed by atoms with van der Waals surface area (Å²) < 4.78 is 10.2. The normalized spacial score (nSPS) is 21.8. The standard InChI is InChI=1S/C22H19Br2Cl2NO3/c1-21(2)17(19(23)22(24,25)26)18(21)20(28)30-16(12-27)13-7-6-10-15(11-13)29-14-8-4-3-5-9-14/h3-11,16-19H,1-2H3/t16-,17-,18+,19-/m1/s1. The van der Waals surface area contributed by atoms with E-state index in [1.807, 2.05) is 44.2 Å². The molecule has 3 rings (SSSR count). The molecule has 1 aliphatic carbocycles. The van der Waals surface area contributed by atoms with Crippen LogP contribution in [-0.4, -0.2) is 14.0 Å². The van der Waals surface area contributed by atoms with Gasteiger partial charge in [-0.3, -0.25) is 4.79 Å². The van der Waals surface area contributed by atoms with Gasteiger partial charge in [-0.25, -0.2) is 0 Å². The molecule has 4 nitrogen and oxygen atoms in total. The van der Waals surface area contributed by atoms with Crippen LogP contribution in [0.2, 0.25) is 0 Å². The van der Waals surface area contributed by atoms with Crippen LogP contribution in [0.4, 0.5) is 0 Å². The van der Waals surface area contributed by atoms with Crippen molar-refractivity contribution in [2.45, 2.75) is 28.0 Å². The molecule has 2 aromatic carbocycles. The van der Waals surface area contributed by atoms with Gasteiger partial charge in [0.1, 0.15) is 17.6 Å². The van der Waals surface area contributed by atoms with E-state index >= 15 is 0 Å². The Kier molecular flexibility index (Phi) is 7.08. The van der Waals surface area contributed by atoms with Crippen LogP contribution in [0.1, 0.15) is 25.5 Å². The Morgan fingerprint density at radius 2 is 1.80 bits per heavy atom. The predicted molar refractivity (Wildman–Crippen MR) is 124 cm³/mol. The van der Waals surface area contributed by atoms with Crippen LogP contribution in [0.15, 0.2) is 54.6 Å². The molecule has 8 heteroatoms. The molecule has 0 radical (unpaired) electrons. The van der Waals surface area contributed by atoms with Gasteiger partial charge in [0, 0.05) is 5.56 Å². The third kappa shape index (κ3) is 5.13. The van der Waals surface area contributed by atoms with Crippen LogP contribution in [0, 0.1) is 28.6 Å². The van der Waals surface area contributed by atoms with Gasteiger partial charge in [-0.05, 0) is 51.5 Å². The van der Waals surface area contributed by atoms with Crippen LogP contribution < -0.4 is 4.74 Å². The molecule has 158 valence electrons. The lowest BCUT2D eigenvalue weighted by atomic mass is 10.1. The Hall–Kier alpha value is -1.26. The fourth-order valence-corrected chi connectivity index (χ4v) is 5.14. The highest BCUT2D eigenvalue weighted by Gasteiger charge is 2.67. The largest absolute Gasteiger partial charge is 0.457 e. The summed E-state index contributed by atoms with van der Waals surface area (Å²) in [6.07, 6.45) is -1.05. The zero-order valence-corrected chi connectivity index (χ0v) is 20.9. The zero-order valence-electron chi connectivity index (χ0n) is 16.2. The Morgan fingerprint density at radius 3 is 2.40 bits per heavy atom. The number of hydrogen-bond acceptors (Lipinski definition) is 4. The van der Waals surface area contributed by atoms with Crippen molar-refractivity contribution in [1.29, 1.82) is 5.26 Å². The molecule has 0 saturated heterocycles. The van der Waals surface area contributed by atoms with Crippen molar-refractivity contribution < 1.29 is 14.3 Å². The Morgan fingerprint density at radius 1 is 1.17 bits per heavy atom. The van der Waals surface area contributed by atoms with Gasteiger partial charge in [-0.2, -0.15) is 5.26 Å². The lowest BCUT2D eigenvalue weighted by molar-refractivity contribution is -0.149. The maximum Gasteiger partial charge on any atom is 0.311 e. The van der Waals surface area contributed by atoms with E-state index in [-0.39, 0.29) is 16.2 Å². The summed E-state index contributed by atoms with van der Waals surface area (Å²) in [6, 6.07) is 18.3. The summed E-state index contributed by atoms with van der Waals surface area (Å²) >= 11 is 19.0.